The van der Waals surface area contributed by atoms with Crippen LogP contribution in [0.3, 0.4) is 0 Å². The highest BCUT2D eigenvalue weighted by Crippen LogP contribution is 2.28. The molecule has 33 heavy (non-hydrogen) atoms. The minimum absolute atomic E-state index is 0.140. The van der Waals surface area contributed by atoms with Crippen LogP contribution in [0.4, 0.5) is 11.5 Å². The zero-order chi connectivity index (χ0) is 22.6. The van der Waals surface area contributed by atoms with Crippen molar-refractivity contribution in [2.75, 3.05) is 17.3 Å². The van der Waals surface area contributed by atoms with Gasteiger partial charge in [0.25, 0.3) is 0 Å². The molecule has 4 heterocycles. The largest absolute Gasteiger partial charge is 0.365 e. The summed E-state index contributed by atoms with van der Waals surface area (Å²) in [6, 6.07) is 14.3. The predicted octanol–water partition coefficient (Wildman–Crippen LogP) is 4.87. The molecule has 1 unspecified atom stereocenters. The molecule has 0 aliphatic carbocycles. The van der Waals surface area contributed by atoms with Crippen LogP contribution in [-0.2, 0) is 11.3 Å². The van der Waals surface area contributed by atoms with Gasteiger partial charge in [-0.3, -0.25) is 9.97 Å². The Morgan fingerprint density at radius 2 is 1.94 bits per heavy atom. The lowest BCUT2D eigenvalue weighted by molar-refractivity contribution is 0.144. The molecule has 3 aromatic heterocycles. The number of nitrogens with zero attached hydrogens (tertiary/aromatic N) is 5. The Labute approximate surface area is 192 Å². The van der Waals surface area contributed by atoms with Crippen molar-refractivity contribution in [1.82, 2.24) is 19.9 Å². The van der Waals surface area contributed by atoms with Crippen molar-refractivity contribution < 1.29 is 4.74 Å². The van der Waals surface area contributed by atoms with Crippen molar-refractivity contribution in [2.24, 2.45) is 0 Å². The first-order valence-electron chi connectivity index (χ1n) is 10.7. The number of anilines is 2. The molecule has 0 saturated carbocycles. The van der Waals surface area contributed by atoms with Crippen molar-refractivity contribution in [3.8, 4) is 11.3 Å². The first-order valence-corrected chi connectivity index (χ1v) is 10.7. The molecule has 0 radical (unpaired) electrons. The molecule has 0 bridgehead atoms. The number of pyridine rings is 2. The maximum Gasteiger partial charge on any atom is 0.153 e. The van der Waals surface area contributed by atoms with Gasteiger partial charge in [0.15, 0.2) is 6.23 Å². The van der Waals surface area contributed by atoms with Crippen LogP contribution in [0.5, 0.6) is 0 Å². The molecule has 1 atom stereocenters. The fourth-order valence-electron chi connectivity index (χ4n) is 3.84. The van der Waals surface area contributed by atoms with Gasteiger partial charge < -0.3 is 15.0 Å². The molecule has 0 fully saturated rings. The van der Waals surface area contributed by atoms with Gasteiger partial charge in [-0.2, -0.15) is 0 Å². The quantitative estimate of drug-likeness (QED) is 0.462. The van der Waals surface area contributed by atoms with Gasteiger partial charge in [0.05, 0.1) is 11.2 Å². The number of hydrogen-bond donors (Lipinski definition) is 1. The zero-order valence-electron chi connectivity index (χ0n) is 18.5. The Morgan fingerprint density at radius 3 is 2.76 bits per heavy atom. The maximum atomic E-state index is 5.56. The number of ether oxygens (including phenoxy) is 1. The van der Waals surface area contributed by atoms with Crippen molar-refractivity contribution in [3.63, 3.8) is 0 Å². The highest BCUT2D eigenvalue weighted by molar-refractivity contribution is 5.91. The molecule has 1 aliphatic rings. The molecule has 1 aliphatic heterocycles. The van der Waals surface area contributed by atoms with Gasteiger partial charge in [0.2, 0.25) is 0 Å². The van der Waals surface area contributed by atoms with Crippen LogP contribution >= 0.6 is 0 Å². The van der Waals surface area contributed by atoms with Gasteiger partial charge in [0, 0.05) is 54.6 Å². The van der Waals surface area contributed by atoms with E-state index in [9.17, 15) is 0 Å². The Morgan fingerprint density at radius 1 is 1.00 bits per heavy atom. The van der Waals surface area contributed by atoms with Crippen LogP contribution in [0.2, 0.25) is 0 Å². The van der Waals surface area contributed by atoms with E-state index >= 15 is 0 Å². The average molecular weight is 437 g/mol. The minimum atomic E-state index is -0.140. The summed E-state index contributed by atoms with van der Waals surface area (Å²) in [6.07, 6.45) is 13.1. The first kappa shape index (κ1) is 20.8. The number of benzene rings is 1. The molecule has 7 heteroatoms. The lowest BCUT2D eigenvalue weighted by Crippen LogP contribution is -2.31. The minimum Gasteiger partial charge on any atom is -0.365 e. The van der Waals surface area contributed by atoms with Gasteiger partial charge in [-0.15, -0.1) is 0 Å². The third-order valence-electron chi connectivity index (χ3n) is 5.54. The lowest BCUT2D eigenvalue weighted by Gasteiger charge is -2.29. The number of hydrogen-bond acceptors (Lipinski definition) is 7. The number of aromatic nitrogens is 4. The summed E-state index contributed by atoms with van der Waals surface area (Å²) in [5.41, 5.74) is 5.91. The van der Waals surface area contributed by atoms with Crippen molar-refractivity contribution in [1.29, 1.82) is 0 Å². The fourth-order valence-corrected chi connectivity index (χ4v) is 3.84. The van der Waals surface area contributed by atoms with Crippen LogP contribution in [0.25, 0.3) is 22.2 Å². The van der Waals surface area contributed by atoms with E-state index < -0.39 is 0 Å². The second-order valence-electron chi connectivity index (χ2n) is 7.77. The van der Waals surface area contributed by atoms with E-state index in [4.69, 9.17) is 4.74 Å². The summed E-state index contributed by atoms with van der Waals surface area (Å²) in [6.45, 7) is 2.59. The maximum absolute atomic E-state index is 5.56. The Hall–Kier alpha value is -4.10. The number of rotatable bonds is 6. The van der Waals surface area contributed by atoms with Gasteiger partial charge in [-0.25, -0.2) is 9.97 Å². The van der Waals surface area contributed by atoms with Crippen LogP contribution < -0.4 is 10.2 Å². The van der Waals surface area contributed by atoms with E-state index in [-0.39, 0.29) is 6.23 Å². The predicted molar refractivity (Wildman–Crippen MR) is 131 cm³/mol. The molecule has 5 rings (SSSR count). The van der Waals surface area contributed by atoms with Crippen molar-refractivity contribution in [3.05, 3.63) is 96.9 Å². The molecule has 0 saturated heterocycles. The van der Waals surface area contributed by atoms with E-state index in [1.165, 1.54) is 0 Å². The second-order valence-corrected chi connectivity index (χ2v) is 7.77. The molecule has 1 aromatic carbocycles. The van der Waals surface area contributed by atoms with Gasteiger partial charge in [0.1, 0.15) is 12.1 Å². The van der Waals surface area contributed by atoms with E-state index in [1.807, 2.05) is 67.9 Å². The van der Waals surface area contributed by atoms with Crippen LogP contribution in [0.15, 0.2) is 85.6 Å². The van der Waals surface area contributed by atoms with Crippen LogP contribution in [0.1, 0.15) is 11.3 Å². The summed E-state index contributed by atoms with van der Waals surface area (Å²) >= 11 is 0. The van der Waals surface area contributed by atoms with Gasteiger partial charge in [-0.05, 0) is 61.0 Å². The van der Waals surface area contributed by atoms with Crippen molar-refractivity contribution >= 4 is 22.4 Å². The number of allylic oxidation sites excluding steroid dienone is 2. The molecular weight excluding hydrogens is 412 g/mol. The molecule has 0 spiro atoms. The molecule has 1 N–H and O–H groups in total. The van der Waals surface area contributed by atoms with Crippen LogP contribution in [0, 0.1) is 6.92 Å². The Balaban J connectivity index is 1.33. The Bertz CT molecular complexity index is 1330. The average Bonchev–Trinajstić information content (AvgIpc) is 2.87. The molecule has 0 amide bonds. The normalized spacial score (nSPS) is 15.2. The van der Waals surface area contributed by atoms with Crippen LogP contribution in [-0.4, -0.2) is 33.3 Å². The Kier molecular flexibility index (Phi) is 5.78. The zero-order valence-corrected chi connectivity index (χ0v) is 18.5. The molecular formula is C26H24N6O. The van der Waals surface area contributed by atoms with E-state index in [2.05, 4.69) is 42.3 Å². The second kappa shape index (κ2) is 9.18. The standard InChI is InChI=1S/C26H24N6O/c1-18-13-20(10-11-27-18)23-9-6-19(15-28-23)16-29-26-22-8-7-21(14-24(22)30-17-31-26)32-12-4-3-5-25(32)33-2/h3-15,17,25H,16H2,1-2H3,(H,29,30,31). The lowest BCUT2D eigenvalue weighted by atomic mass is 10.1. The number of fused-ring (bicyclic) bond motifs is 1. The SMILES string of the molecule is COC1C=CC=CN1c1ccc2c(NCc3ccc(-c4ccnc(C)c4)nc3)ncnc2c1. The fraction of sp³-hybridized carbons (Fsp3) is 0.154. The van der Waals surface area contributed by atoms with Crippen molar-refractivity contribution in [2.45, 2.75) is 19.7 Å². The van der Waals surface area contributed by atoms with Gasteiger partial charge in [-0.1, -0.05) is 12.1 Å². The number of methoxy groups -OCH3 is 1. The summed E-state index contributed by atoms with van der Waals surface area (Å²) in [4.78, 5) is 19.9. The highest BCUT2D eigenvalue weighted by atomic mass is 16.5. The topological polar surface area (TPSA) is 76.1 Å². The summed E-state index contributed by atoms with van der Waals surface area (Å²) in [5.74, 6) is 0.790. The molecule has 4 aromatic rings. The first-order chi connectivity index (χ1) is 16.2. The summed E-state index contributed by atoms with van der Waals surface area (Å²) in [5, 5.41) is 4.39. The van der Waals surface area contributed by atoms with E-state index in [0.29, 0.717) is 6.54 Å². The monoisotopic (exact) mass is 436 g/mol. The molecule has 164 valence electrons. The smallest absolute Gasteiger partial charge is 0.153 e. The van der Waals surface area contributed by atoms with Gasteiger partial charge >= 0.3 is 0 Å². The highest BCUT2D eigenvalue weighted by Gasteiger charge is 2.16. The van der Waals surface area contributed by atoms with E-state index in [0.717, 1.165) is 44.9 Å². The van der Waals surface area contributed by atoms with E-state index in [1.54, 1.807) is 19.6 Å². The summed E-state index contributed by atoms with van der Waals surface area (Å²) < 4.78 is 5.56. The summed E-state index contributed by atoms with van der Waals surface area (Å²) in [7, 11) is 1.70. The third-order valence-corrected chi connectivity index (χ3v) is 5.54. The molecule has 7 nitrogen and oxygen atoms in total. The third kappa shape index (κ3) is 4.44. The number of aryl methyl sites for hydroxylation is 1. The number of nitrogens with one attached hydrogen (secondary N) is 1.